The van der Waals surface area contributed by atoms with E-state index in [-0.39, 0.29) is 11.5 Å². The van der Waals surface area contributed by atoms with Crippen LogP contribution in [0.4, 0.5) is 20.3 Å². The molecule has 0 saturated carbocycles. The topological polar surface area (TPSA) is 59.3 Å². The van der Waals surface area contributed by atoms with Gasteiger partial charge in [0.2, 0.25) is 0 Å². The lowest BCUT2D eigenvalue weighted by molar-refractivity contribution is -0.388. The van der Waals surface area contributed by atoms with Crippen LogP contribution < -0.4 is 4.90 Å². The highest BCUT2D eigenvalue weighted by molar-refractivity contribution is 5.61. The second kappa shape index (κ2) is 3.11. The molecule has 0 atom stereocenters. The van der Waals surface area contributed by atoms with Gasteiger partial charge in [-0.2, -0.15) is 0 Å². The number of nitrogens with zero attached hydrogens (tertiary/aromatic N) is 3. The molecule has 7 heteroatoms. The smallest absolute Gasteiger partial charge is 0.358 e. The van der Waals surface area contributed by atoms with Crippen LogP contribution in [0.1, 0.15) is 0 Å². The van der Waals surface area contributed by atoms with Crippen molar-refractivity contribution < 1.29 is 13.7 Å². The van der Waals surface area contributed by atoms with E-state index in [2.05, 4.69) is 4.98 Å². The van der Waals surface area contributed by atoms with E-state index >= 15 is 0 Å². The third-order valence-corrected chi connectivity index (χ3v) is 2.12. The van der Waals surface area contributed by atoms with E-state index in [4.69, 9.17) is 0 Å². The Kier molecular flexibility index (Phi) is 2.02. The van der Waals surface area contributed by atoms with Crippen LogP contribution in [0.2, 0.25) is 0 Å². The molecular formula is C8H7F2N3O2. The molecule has 5 nitrogen and oxygen atoms in total. The minimum absolute atomic E-state index is 0.147. The van der Waals surface area contributed by atoms with Crippen LogP contribution >= 0.6 is 0 Å². The highest BCUT2D eigenvalue weighted by Gasteiger charge is 2.45. The number of anilines is 1. The lowest BCUT2D eigenvalue weighted by Gasteiger charge is -2.39. The van der Waals surface area contributed by atoms with E-state index in [0.717, 1.165) is 0 Å². The molecule has 2 heterocycles. The summed E-state index contributed by atoms with van der Waals surface area (Å²) in [6.07, 6.45) is 1.26. The van der Waals surface area contributed by atoms with E-state index in [9.17, 15) is 18.9 Å². The van der Waals surface area contributed by atoms with Crippen LogP contribution in [0.5, 0.6) is 0 Å². The number of pyridine rings is 1. The Morgan fingerprint density at radius 2 is 2.20 bits per heavy atom. The maximum Gasteiger partial charge on any atom is 0.387 e. The average Bonchev–Trinajstić information content (AvgIpc) is 2.14. The molecule has 2 rings (SSSR count). The number of hydrogen-bond donors (Lipinski definition) is 0. The lowest BCUT2D eigenvalue weighted by Crippen LogP contribution is -2.56. The lowest BCUT2D eigenvalue weighted by atomic mass is 10.1. The molecule has 80 valence electrons. The van der Waals surface area contributed by atoms with Crippen molar-refractivity contribution in [2.75, 3.05) is 18.0 Å². The Morgan fingerprint density at radius 1 is 1.53 bits per heavy atom. The van der Waals surface area contributed by atoms with E-state index in [0.29, 0.717) is 0 Å². The highest BCUT2D eigenvalue weighted by atomic mass is 19.3. The maximum atomic E-state index is 12.6. The predicted molar refractivity (Wildman–Crippen MR) is 48.1 cm³/mol. The van der Waals surface area contributed by atoms with Gasteiger partial charge >= 0.3 is 5.82 Å². The molecule has 1 fully saturated rings. The molecule has 0 aromatic carbocycles. The van der Waals surface area contributed by atoms with Crippen molar-refractivity contribution in [2.24, 2.45) is 0 Å². The number of halogens is 2. The summed E-state index contributed by atoms with van der Waals surface area (Å²) in [7, 11) is 0. The van der Waals surface area contributed by atoms with Crippen LogP contribution in [0.3, 0.4) is 0 Å². The summed E-state index contributed by atoms with van der Waals surface area (Å²) >= 11 is 0. The van der Waals surface area contributed by atoms with Crippen molar-refractivity contribution in [1.82, 2.24) is 4.98 Å². The van der Waals surface area contributed by atoms with Crippen molar-refractivity contribution in [3.63, 3.8) is 0 Å². The van der Waals surface area contributed by atoms with E-state index in [1.807, 2.05) is 0 Å². The first-order chi connectivity index (χ1) is 6.99. The fourth-order valence-electron chi connectivity index (χ4n) is 1.46. The Labute approximate surface area is 83.5 Å². The van der Waals surface area contributed by atoms with Crippen molar-refractivity contribution in [2.45, 2.75) is 5.92 Å². The second-order valence-electron chi connectivity index (χ2n) is 3.32. The van der Waals surface area contributed by atoms with E-state index in [1.54, 1.807) is 0 Å². The number of aromatic nitrogens is 1. The first kappa shape index (κ1) is 9.75. The average molecular weight is 215 g/mol. The zero-order valence-electron chi connectivity index (χ0n) is 7.56. The van der Waals surface area contributed by atoms with Gasteiger partial charge in [0.15, 0.2) is 0 Å². The van der Waals surface area contributed by atoms with E-state index in [1.165, 1.54) is 23.2 Å². The van der Waals surface area contributed by atoms with Gasteiger partial charge in [-0.25, -0.2) is 8.78 Å². The minimum Gasteiger partial charge on any atom is -0.358 e. The van der Waals surface area contributed by atoms with Crippen LogP contribution in [-0.2, 0) is 0 Å². The normalized spacial score (nSPS) is 18.4. The van der Waals surface area contributed by atoms with Crippen LogP contribution in [-0.4, -0.2) is 28.9 Å². The van der Waals surface area contributed by atoms with Gasteiger partial charge in [0, 0.05) is 0 Å². The van der Waals surface area contributed by atoms with Gasteiger partial charge < -0.3 is 15.0 Å². The summed E-state index contributed by atoms with van der Waals surface area (Å²) < 4.78 is 25.1. The van der Waals surface area contributed by atoms with Crippen LogP contribution in [0.15, 0.2) is 18.3 Å². The fraction of sp³-hybridized carbons (Fsp3) is 0.375. The summed E-state index contributed by atoms with van der Waals surface area (Å²) in [6, 6.07) is 2.90. The molecule has 0 spiro atoms. The van der Waals surface area contributed by atoms with Gasteiger partial charge in [0.1, 0.15) is 11.9 Å². The zero-order chi connectivity index (χ0) is 11.1. The quantitative estimate of drug-likeness (QED) is 0.553. The monoisotopic (exact) mass is 215 g/mol. The third-order valence-electron chi connectivity index (χ3n) is 2.12. The number of nitro groups is 1. The van der Waals surface area contributed by atoms with Gasteiger partial charge in [-0.1, -0.05) is 0 Å². The standard InChI is InChI=1S/C8H7F2N3O2/c9-8(10)4-12(5-8)6-2-1-3-11-7(6)13(14)15/h1-3H,4-5H2. The minimum atomic E-state index is -2.75. The summed E-state index contributed by atoms with van der Waals surface area (Å²) in [6.45, 7) is -0.973. The van der Waals surface area contributed by atoms with Gasteiger partial charge in [-0.05, 0) is 22.0 Å². The van der Waals surface area contributed by atoms with Gasteiger partial charge in [-0.3, -0.25) is 0 Å². The molecule has 0 unspecified atom stereocenters. The summed E-state index contributed by atoms with van der Waals surface area (Å²) in [5.74, 6) is -3.13. The molecule has 1 aliphatic rings. The number of rotatable bonds is 2. The first-order valence-corrected chi connectivity index (χ1v) is 4.22. The van der Waals surface area contributed by atoms with Crippen molar-refractivity contribution in [3.8, 4) is 0 Å². The first-order valence-electron chi connectivity index (χ1n) is 4.22. The largest absolute Gasteiger partial charge is 0.387 e. The Balaban J connectivity index is 2.26. The molecular weight excluding hydrogens is 208 g/mol. The molecule has 1 saturated heterocycles. The Bertz CT molecular complexity index is 403. The van der Waals surface area contributed by atoms with Crippen molar-refractivity contribution >= 4 is 11.5 Å². The van der Waals surface area contributed by atoms with Crippen LogP contribution in [0.25, 0.3) is 0 Å². The van der Waals surface area contributed by atoms with Gasteiger partial charge in [-0.15, -0.1) is 0 Å². The molecule has 1 aliphatic heterocycles. The maximum absolute atomic E-state index is 12.6. The van der Waals surface area contributed by atoms with Crippen molar-refractivity contribution in [3.05, 3.63) is 28.4 Å². The van der Waals surface area contributed by atoms with E-state index < -0.39 is 23.9 Å². The fourth-order valence-corrected chi connectivity index (χ4v) is 1.46. The summed E-state index contributed by atoms with van der Waals surface area (Å²) in [4.78, 5) is 14.7. The number of hydrogen-bond acceptors (Lipinski definition) is 4. The third kappa shape index (κ3) is 1.72. The summed E-state index contributed by atoms with van der Waals surface area (Å²) in [5, 5.41) is 10.6. The summed E-state index contributed by atoms with van der Waals surface area (Å²) in [5.41, 5.74) is 0.147. The molecule has 0 bridgehead atoms. The second-order valence-corrected chi connectivity index (χ2v) is 3.32. The van der Waals surface area contributed by atoms with Crippen molar-refractivity contribution in [1.29, 1.82) is 0 Å². The Morgan fingerprint density at radius 3 is 2.73 bits per heavy atom. The SMILES string of the molecule is O=[N+]([O-])c1ncccc1N1CC(F)(F)C1. The molecule has 0 radical (unpaired) electrons. The van der Waals surface area contributed by atoms with Gasteiger partial charge in [0.05, 0.1) is 13.1 Å². The van der Waals surface area contributed by atoms with Crippen LogP contribution in [0, 0.1) is 10.1 Å². The number of alkyl halides is 2. The molecule has 15 heavy (non-hydrogen) atoms. The van der Waals surface area contributed by atoms with Gasteiger partial charge in [0.25, 0.3) is 5.92 Å². The molecule has 0 N–H and O–H groups in total. The predicted octanol–water partition coefficient (Wildman–Crippen LogP) is 1.45. The Hall–Kier alpha value is -1.79. The molecule has 1 aromatic heterocycles. The highest BCUT2D eigenvalue weighted by Crippen LogP contribution is 2.35. The molecule has 0 aliphatic carbocycles. The zero-order valence-corrected chi connectivity index (χ0v) is 7.56. The molecule has 1 aromatic rings. The molecule has 0 amide bonds.